The molecule has 0 saturated carbocycles. The van der Waals surface area contributed by atoms with Crippen molar-refractivity contribution in [2.75, 3.05) is 0 Å². The quantitative estimate of drug-likeness (QED) is 0.574. The van der Waals surface area contributed by atoms with Crippen molar-refractivity contribution in [1.29, 1.82) is 0 Å². The Morgan fingerprint density at radius 1 is 1.50 bits per heavy atom. The molecule has 0 aliphatic rings. The molecule has 1 atom stereocenters. The van der Waals surface area contributed by atoms with Crippen LogP contribution in [0.15, 0.2) is 0 Å². The molecule has 4 heteroatoms. The van der Waals surface area contributed by atoms with E-state index in [1.165, 1.54) is 0 Å². The summed E-state index contributed by atoms with van der Waals surface area (Å²) in [4.78, 5) is 10.1. The summed E-state index contributed by atoms with van der Waals surface area (Å²) in [6.45, 7) is 5.95. The van der Waals surface area contributed by atoms with Crippen LogP contribution in [0.25, 0.3) is 0 Å². The van der Waals surface area contributed by atoms with Gasteiger partial charge in [-0.2, -0.15) is 0 Å². The van der Waals surface area contributed by atoms with Crippen molar-refractivity contribution < 1.29 is 40.9 Å². The van der Waals surface area contributed by atoms with Crippen molar-refractivity contribution >= 4 is 17.1 Å². The van der Waals surface area contributed by atoms with Crippen LogP contribution in [-0.4, -0.2) is 15.7 Å². The van der Waals surface area contributed by atoms with Gasteiger partial charge in [0.2, 0.25) is 0 Å². The van der Waals surface area contributed by atoms with E-state index in [0.29, 0.717) is 5.92 Å². The third-order valence-electron chi connectivity index (χ3n) is 1.23. The third kappa shape index (κ3) is 6.93. The van der Waals surface area contributed by atoms with Gasteiger partial charge in [-0.1, -0.05) is 20.8 Å². The standard InChI is InChI=1S/C6H12O2S.Na.H/c1-4(2)5(3)9-6(7)8;;/h4-5H,1-3H3,(H,7,8);;/q;+1;-1. The van der Waals surface area contributed by atoms with E-state index < -0.39 is 5.30 Å². The molecule has 0 bridgehead atoms. The van der Waals surface area contributed by atoms with E-state index in [9.17, 15) is 4.79 Å². The monoisotopic (exact) mass is 172 g/mol. The van der Waals surface area contributed by atoms with Crippen LogP contribution in [0.1, 0.15) is 22.2 Å². The van der Waals surface area contributed by atoms with E-state index in [4.69, 9.17) is 5.11 Å². The van der Waals surface area contributed by atoms with Gasteiger partial charge in [0.05, 0.1) is 0 Å². The van der Waals surface area contributed by atoms with Gasteiger partial charge in [0.15, 0.2) is 0 Å². The summed E-state index contributed by atoms with van der Waals surface area (Å²) in [5, 5.41) is 7.73. The summed E-state index contributed by atoms with van der Waals surface area (Å²) in [5.74, 6) is 0.436. The maximum absolute atomic E-state index is 10.1. The van der Waals surface area contributed by atoms with E-state index in [2.05, 4.69) is 0 Å². The Balaban J connectivity index is -0.000000320. The van der Waals surface area contributed by atoms with Crippen LogP contribution in [0.3, 0.4) is 0 Å². The number of carboxylic acid groups (broad SMARTS) is 1. The second kappa shape index (κ2) is 6.53. The maximum atomic E-state index is 10.1. The van der Waals surface area contributed by atoms with Gasteiger partial charge in [-0.15, -0.1) is 0 Å². The zero-order chi connectivity index (χ0) is 7.44. The van der Waals surface area contributed by atoms with Crippen LogP contribution in [0.2, 0.25) is 0 Å². The smallest absolute Gasteiger partial charge is 1.00 e. The second-order valence-electron chi connectivity index (χ2n) is 2.33. The Kier molecular flexibility index (Phi) is 8.75. The summed E-state index contributed by atoms with van der Waals surface area (Å²) in [5.41, 5.74) is 0. The first-order chi connectivity index (χ1) is 4.04. The van der Waals surface area contributed by atoms with E-state index in [1.807, 2.05) is 20.8 Å². The Hall–Kier alpha value is 0.820. The molecule has 2 nitrogen and oxygen atoms in total. The molecule has 0 radical (unpaired) electrons. The Morgan fingerprint density at radius 2 is 1.90 bits per heavy atom. The molecule has 0 spiro atoms. The van der Waals surface area contributed by atoms with Crippen LogP contribution in [0.4, 0.5) is 4.79 Å². The van der Waals surface area contributed by atoms with E-state index in [0.717, 1.165) is 11.8 Å². The first-order valence-corrected chi connectivity index (χ1v) is 3.81. The molecule has 0 aromatic heterocycles. The molecule has 0 heterocycles. The zero-order valence-electron chi connectivity index (χ0n) is 7.92. The van der Waals surface area contributed by atoms with Crippen molar-refractivity contribution in [2.24, 2.45) is 5.92 Å². The summed E-state index contributed by atoms with van der Waals surface area (Å²) in [6.07, 6.45) is 0. The van der Waals surface area contributed by atoms with Gasteiger partial charge in [0.1, 0.15) is 0 Å². The van der Waals surface area contributed by atoms with Crippen molar-refractivity contribution in [3.8, 4) is 0 Å². The molecule has 0 aliphatic carbocycles. The van der Waals surface area contributed by atoms with E-state index in [-0.39, 0.29) is 36.2 Å². The van der Waals surface area contributed by atoms with Crippen LogP contribution in [-0.2, 0) is 0 Å². The van der Waals surface area contributed by atoms with Gasteiger partial charge in [-0.25, -0.2) is 4.79 Å². The predicted molar refractivity (Wildman–Crippen MR) is 41.0 cm³/mol. The SMILES string of the molecule is CC(C)C(C)SC(=O)O.[H-].[Na+]. The van der Waals surface area contributed by atoms with Crippen LogP contribution in [0.5, 0.6) is 0 Å². The minimum Gasteiger partial charge on any atom is -1.00 e. The normalized spacial score (nSPS) is 12.4. The van der Waals surface area contributed by atoms with Gasteiger partial charge in [0.25, 0.3) is 0 Å². The van der Waals surface area contributed by atoms with Gasteiger partial charge in [0, 0.05) is 5.25 Å². The van der Waals surface area contributed by atoms with Gasteiger partial charge in [-0.05, 0) is 17.7 Å². The molecule has 56 valence electrons. The van der Waals surface area contributed by atoms with Gasteiger partial charge >= 0.3 is 34.9 Å². The van der Waals surface area contributed by atoms with E-state index >= 15 is 0 Å². The first kappa shape index (κ1) is 13.4. The van der Waals surface area contributed by atoms with Crippen LogP contribution >= 0.6 is 11.8 Å². The Bertz CT molecular complexity index is 111. The average molecular weight is 172 g/mol. The molecule has 1 N–H and O–H groups in total. The number of rotatable bonds is 2. The summed E-state index contributed by atoms with van der Waals surface area (Å²) >= 11 is 0.979. The minimum atomic E-state index is -0.781. The Morgan fingerprint density at radius 3 is 2.00 bits per heavy atom. The first-order valence-electron chi connectivity index (χ1n) is 2.93. The molecule has 0 aliphatic heterocycles. The second-order valence-corrected chi connectivity index (χ2v) is 3.66. The minimum absolute atomic E-state index is 0. The molecule has 0 aromatic carbocycles. The maximum Gasteiger partial charge on any atom is 1.00 e. The molecule has 0 amide bonds. The van der Waals surface area contributed by atoms with Gasteiger partial charge < -0.3 is 6.53 Å². The van der Waals surface area contributed by atoms with Crippen molar-refractivity contribution in [1.82, 2.24) is 0 Å². The number of hydrogen-bond donors (Lipinski definition) is 1. The van der Waals surface area contributed by atoms with Crippen LogP contribution in [0, 0.1) is 5.92 Å². The largest absolute Gasteiger partial charge is 1.00 e. The van der Waals surface area contributed by atoms with Gasteiger partial charge in [-0.3, -0.25) is 0 Å². The fourth-order valence-corrected chi connectivity index (χ4v) is 0.885. The topological polar surface area (TPSA) is 37.3 Å². The predicted octanol–water partition coefficient (Wildman–Crippen LogP) is -0.441. The van der Waals surface area contributed by atoms with E-state index in [1.54, 1.807) is 0 Å². The molecule has 0 rings (SSSR count). The van der Waals surface area contributed by atoms with Crippen LogP contribution < -0.4 is 29.6 Å². The summed E-state index contributed by atoms with van der Waals surface area (Å²) in [6, 6.07) is 0. The third-order valence-corrected chi connectivity index (χ3v) is 2.34. The molecule has 0 aromatic rings. The molecule has 10 heavy (non-hydrogen) atoms. The average Bonchev–Trinajstić information content (AvgIpc) is 1.63. The fraction of sp³-hybridized carbons (Fsp3) is 0.833. The Labute approximate surface area is 89.5 Å². The fourth-order valence-electron chi connectivity index (χ4n) is 0.295. The summed E-state index contributed by atoms with van der Waals surface area (Å²) in [7, 11) is 0. The van der Waals surface area contributed by atoms with Crippen molar-refractivity contribution in [3.05, 3.63) is 0 Å². The zero-order valence-corrected chi connectivity index (χ0v) is 9.73. The van der Waals surface area contributed by atoms with Crippen molar-refractivity contribution in [2.45, 2.75) is 26.0 Å². The van der Waals surface area contributed by atoms with Crippen molar-refractivity contribution in [3.63, 3.8) is 0 Å². The number of carbonyl (C=O) groups is 1. The molecule has 1 unspecified atom stereocenters. The number of hydrogen-bond acceptors (Lipinski definition) is 2. The summed E-state index contributed by atoms with van der Waals surface area (Å²) < 4.78 is 0. The molecular weight excluding hydrogens is 159 g/mol. The molecular formula is C6H13NaO2S. The molecule has 0 fully saturated rings. The molecule has 0 saturated heterocycles. The number of thioether (sulfide) groups is 1.